The fraction of sp³-hybridized carbons (Fsp3) is 0.500. The van der Waals surface area contributed by atoms with Gasteiger partial charge in [-0.05, 0) is 44.6 Å². The molecule has 1 aromatic carbocycles. The Hall–Kier alpha value is -0.970. The lowest BCUT2D eigenvalue weighted by atomic mass is 10.3. The van der Waals surface area contributed by atoms with Crippen LogP contribution in [0.3, 0.4) is 0 Å². The van der Waals surface area contributed by atoms with Gasteiger partial charge in [0.1, 0.15) is 5.75 Å². The van der Waals surface area contributed by atoms with E-state index in [1.807, 2.05) is 7.05 Å². The van der Waals surface area contributed by atoms with Gasteiger partial charge in [-0.1, -0.05) is 23.2 Å². The van der Waals surface area contributed by atoms with Gasteiger partial charge in [0.05, 0.1) is 11.6 Å². The average Bonchev–Trinajstić information content (AvgIpc) is 2.41. The van der Waals surface area contributed by atoms with Crippen LogP contribution in [0.4, 0.5) is 0 Å². The van der Waals surface area contributed by atoms with Crippen molar-refractivity contribution in [2.45, 2.75) is 19.3 Å². The molecule has 0 unspecified atom stereocenters. The highest BCUT2D eigenvalue weighted by Crippen LogP contribution is 2.27. The number of nitrogens with one attached hydrogen (secondary N) is 2. The van der Waals surface area contributed by atoms with Crippen molar-refractivity contribution >= 4 is 29.1 Å². The summed E-state index contributed by atoms with van der Waals surface area (Å²) in [5.74, 6) is 0.682. The molecule has 0 aliphatic carbocycles. The topological polar surface area (TPSA) is 50.4 Å². The molecule has 0 aromatic heterocycles. The van der Waals surface area contributed by atoms with Crippen LogP contribution in [-0.4, -0.2) is 32.7 Å². The van der Waals surface area contributed by atoms with Crippen molar-refractivity contribution in [3.63, 3.8) is 0 Å². The van der Waals surface area contributed by atoms with Crippen LogP contribution in [0.25, 0.3) is 0 Å². The van der Waals surface area contributed by atoms with E-state index in [-0.39, 0.29) is 5.91 Å². The van der Waals surface area contributed by atoms with Crippen molar-refractivity contribution in [2.24, 2.45) is 0 Å². The van der Waals surface area contributed by atoms with Crippen molar-refractivity contribution in [3.05, 3.63) is 28.2 Å². The molecule has 1 amide bonds. The van der Waals surface area contributed by atoms with Crippen molar-refractivity contribution in [1.29, 1.82) is 0 Å². The Morgan fingerprint density at radius 3 is 2.75 bits per heavy atom. The molecule has 1 aromatic rings. The normalized spacial score (nSPS) is 10.3. The Morgan fingerprint density at radius 1 is 1.25 bits per heavy atom. The third-order valence-electron chi connectivity index (χ3n) is 2.63. The number of amides is 1. The first-order valence-corrected chi connectivity index (χ1v) is 7.38. The highest BCUT2D eigenvalue weighted by molar-refractivity contribution is 6.35. The van der Waals surface area contributed by atoms with Crippen molar-refractivity contribution in [1.82, 2.24) is 10.6 Å². The van der Waals surface area contributed by atoms with Gasteiger partial charge >= 0.3 is 0 Å². The zero-order valence-electron chi connectivity index (χ0n) is 11.5. The van der Waals surface area contributed by atoms with Gasteiger partial charge in [-0.15, -0.1) is 0 Å². The molecule has 0 aliphatic heterocycles. The minimum atomic E-state index is 0.0739. The average molecular weight is 319 g/mol. The van der Waals surface area contributed by atoms with E-state index in [0.29, 0.717) is 35.4 Å². The number of hydrogen-bond acceptors (Lipinski definition) is 3. The number of benzene rings is 1. The number of carbonyl (C=O) groups excluding carboxylic acids is 1. The van der Waals surface area contributed by atoms with Gasteiger partial charge in [-0.2, -0.15) is 0 Å². The van der Waals surface area contributed by atoms with E-state index in [1.165, 1.54) is 0 Å². The molecule has 2 N–H and O–H groups in total. The van der Waals surface area contributed by atoms with E-state index >= 15 is 0 Å². The molecule has 0 bridgehead atoms. The number of hydrogen-bond donors (Lipinski definition) is 2. The summed E-state index contributed by atoms with van der Waals surface area (Å²) < 4.78 is 5.52. The molecule has 0 heterocycles. The van der Waals surface area contributed by atoms with Crippen molar-refractivity contribution in [2.75, 3.05) is 26.7 Å². The molecule has 112 valence electrons. The Kier molecular flexibility index (Phi) is 8.42. The zero-order valence-corrected chi connectivity index (χ0v) is 13.1. The highest BCUT2D eigenvalue weighted by Gasteiger charge is 2.03. The molecule has 0 spiro atoms. The summed E-state index contributed by atoms with van der Waals surface area (Å²) in [6.07, 6.45) is 2.13. The van der Waals surface area contributed by atoms with E-state index < -0.39 is 0 Å². The smallest absolute Gasteiger partial charge is 0.220 e. The Morgan fingerprint density at radius 2 is 2.05 bits per heavy atom. The molecule has 20 heavy (non-hydrogen) atoms. The molecule has 0 fully saturated rings. The fourth-order valence-corrected chi connectivity index (χ4v) is 2.05. The van der Waals surface area contributed by atoms with Crippen LogP contribution in [0.2, 0.25) is 10.0 Å². The van der Waals surface area contributed by atoms with Crippen LogP contribution in [0.5, 0.6) is 5.75 Å². The van der Waals surface area contributed by atoms with Crippen LogP contribution >= 0.6 is 23.2 Å². The monoisotopic (exact) mass is 318 g/mol. The summed E-state index contributed by atoms with van der Waals surface area (Å²) in [6.45, 7) is 1.95. The summed E-state index contributed by atoms with van der Waals surface area (Å²) >= 11 is 11.8. The van der Waals surface area contributed by atoms with Crippen LogP contribution in [-0.2, 0) is 4.79 Å². The molecule has 0 saturated carbocycles. The lowest BCUT2D eigenvalue weighted by molar-refractivity contribution is -0.121. The summed E-state index contributed by atoms with van der Waals surface area (Å²) in [4.78, 5) is 11.4. The maximum atomic E-state index is 11.4. The first-order chi connectivity index (χ1) is 9.63. The highest BCUT2D eigenvalue weighted by atomic mass is 35.5. The van der Waals surface area contributed by atoms with Gasteiger partial charge in [0.2, 0.25) is 5.91 Å². The SMILES string of the molecule is CNCCCC(=O)NCCCOc1ccc(Cl)cc1Cl. The van der Waals surface area contributed by atoms with Crippen LogP contribution in [0.15, 0.2) is 18.2 Å². The maximum Gasteiger partial charge on any atom is 0.220 e. The zero-order chi connectivity index (χ0) is 14.8. The van der Waals surface area contributed by atoms with E-state index in [4.69, 9.17) is 27.9 Å². The van der Waals surface area contributed by atoms with E-state index in [1.54, 1.807) is 18.2 Å². The lowest BCUT2D eigenvalue weighted by Gasteiger charge is -2.09. The van der Waals surface area contributed by atoms with Crippen LogP contribution in [0, 0.1) is 0 Å². The van der Waals surface area contributed by atoms with Gasteiger partial charge in [0, 0.05) is 18.0 Å². The summed E-state index contributed by atoms with van der Waals surface area (Å²) in [5, 5.41) is 6.93. The van der Waals surface area contributed by atoms with Gasteiger partial charge in [-0.3, -0.25) is 4.79 Å². The van der Waals surface area contributed by atoms with Gasteiger partial charge in [-0.25, -0.2) is 0 Å². The number of carbonyl (C=O) groups is 1. The molecule has 6 heteroatoms. The van der Waals surface area contributed by atoms with Gasteiger partial charge in [0.25, 0.3) is 0 Å². The second-order valence-corrected chi connectivity index (χ2v) is 5.18. The largest absolute Gasteiger partial charge is 0.492 e. The molecule has 4 nitrogen and oxygen atoms in total. The molecule has 0 radical (unpaired) electrons. The fourth-order valence-electron chi connectivity index (χ4n) is 1.59. The molecule has 1 rings (SSSR count). The predicted octanol–water partition coefficient (Wildman–Crippen LogP) is 2.88. The molecular weight excluding hydrogens is 299 g/mol. The molecule has 0 aliphatic rings. The van der Waals surface area contributed by atoms with Crippen molar-refractivity contribution < 1.29 is 9.53 Å². The van der Waals surface area contributed by atoms with Crippen LogP contribution < -0.4 is 15.4 Å². The third kappa shape index (κ3) is 6.98. The maximum absolute atomic E-state index is 11.4. The molecular formula is C14H20Cl2N2O2. The quantitative estimate of drug-likeness (QED) is 0.688. The second-order valence-electron chi connectivity index (χ2n) is 4.33. The molecule has 0 atom stereocenters. The summed E-state index contributed by atoms with van der Waals surface area (Å²) in [5.41, 5.74) is 0. The van der Waals surface area contributed by atoms with Gasteiger partial charge in [0.15, 0.2) is 0 Å². The van der Waals surface area contributed by atoms with E-state index in [9.17, 15) is 4.79 Å². The number of halogens is 2. The summed E-state index contributed by atoms with van der Waals surface area (Å²) in [7, 11) is 1.87. The minimum Gasteiger partial charge on any atom is -0.492 e. The van der Waals surface area contributed by atoms with Crippen LogP contribution in [0.1, 0.15) is 19.3 Å². The van der Waals surface area contributed by atoms with E-state index in [2.05, 4.69) is 10.6 Å². The Balaban J connectivity index is 2.11. The minimum absolute atomic E-state index is 0.0739. The summed E-state index contributed by atoms with van der Waals surface area (Å²) in [6, 6.07) is 5.11. The first kappa shape index (κ1) is 17.1. The third-order valence-corrected chi connectivity index (χ3v) is 3.16. The standard InChI is InChI=1S/C14H20Cl2N2O2/c1-17-7-2-4-14(19)18-8-3-9-20-13-6-5-11(15)10-12(13)16/h5-6,10,17H,2-4,7-9H2,1H3,(H,18,19). The van der Waals surface area contributed by atoms with Crippen molar-refractivity contribution in [3.8, 4) is 5.75 Å². The molecule has 0 saturated heterocycles. The lowest BCUT2D eigenvalue weighted by Crippen LogP contribution is -2.26. The first-order valence-electron chi connectivity index (χ1n) is 6.62. The Bertz CT molecular complexity index is 428. The number of ether oxygens (including phenoxy) is 1. The van der Waals surface area contributed by atoms with E-state index in [0.717, 1.165) is 19.4 Å². The van der Waals surface area contributed by atoms with Gasteiger partial charge < -0.3 is 15.4 Å². The Labute approximate surface area is 129 Å². The number of rotatable bonds is 9. The predicted molar refractivity (Wildman–Crippen MR) is 82.7 cm³/mol. The second kappa shape index (κ2) is 9.86.